The highest BCUT2D eigenvalue weighted by Gasteiger charge is 2.16. The van der Waals surface area contributed by atoms with Crippen LogP contribution in [-0.2, 0) is 22.0 Å². The Morgan fingerprint density at radius 1 is 1.28 bits per heavy atom. The molecule has 1 aromatic rings. The van der Waals surface area contributed by atoms with Crippen LogP contribution in [0.1, 0.15) is 31.9 Å². The molecule has 0 aliphatic rings. The van der Waals surface area contributed by atoms with Gasteiger partial charge in [-0.1, -0.05) is 32.9 Å². The lowest BCUT2D eigenvalue weighted by Gasteiger charge is -2.21. The Morgan fingerprint density at radius 2 is 1.89 bits per heavy atom. The lowest BCUT2D eigenvalue weighted by molar-refractivity contribution is 0.408. The molecule has 0 aromatic heterocycles. The predicted octanol–water partition coefficient (Wildman–Crippen LogP) is 2.04. The molecule has 1 rings (SSSR count). The lowest BCUT2D eigenvalue weighted by atomic mass is 9.86. The number of nitrogens with one attached hydrogen (secondary N) is 1. The lowest BCUT2D eigenvalue weighted by Crippen LogP contribution is -2.22. The van der Waals surface area contributed by atoms with Gasteiger partial charge in [-0.2, -0.15) is 0 Å². The van der Waals surface area contributed by atoms with Crippen molar-refractivity contribution in [2.24, 2.45) is 0 Å². The van der Waals surface area contributed by atoms with Gasteiger partial charge in [-0.25, -0.2) is 13.1 Å². The summed E-state index contributed by atoms with van der Waals surface area (Å²) in [5.74, 6) is 0.694. The maximum atomic E-state index is 11.1. The van der Waals surface area contributed by atoms with Crippen molar-refractivity contribution in [3.63, 3.8) is 0 Å². The van der Waals surface area contributed by atoms with Gasteiger partial charge in [0, 0.05) is 12.1 Å². The van der Waals surface area contributed by atoms with Crippen LogP contribution in [0.3, 0.4) is 0 Å². The first-order valence-electron chi connectivity index (χ1n) is 5.75. The summed E-state index contributed by atoms with van der Waals surface area (Å²) in [6.45, 7) is 6.58. The van der Waals surface area contributed by atoms with Crippen LogP contribution in [0, 0.1) is 0 Å². The van der Waals surface area contributed by atoms with Gasteiger partial charge in [0.1, 0.15) is 5.75 Å². The van der Waals surface area contributed by atoms with Gasteiger partial charge in [0.2, 0.25) is 10.0 Å². The average Bonchev–Trinajstić information content (AvgIpc) is 2.23. The second kappa shape index (κ2) is 5.28. The van der Waals surface area contributed by atoms with Gasteiger partial charge in [-0.3, -0.25) is 0 Å². The van der Waals surface area contributed by atoms with Crippen LogP contribution in [0.2, 0.25) is 0 Å². The maximum Gasteiger partial charge on any atom is 0.209 e. The maximum absolute atomic E-state index is 11.1. The Hall–Kier alpha value is -1.07. The molecule has 0 saturated heterocycles. The molecule has 1 aromatic carbocycles. The van der Waals surface area contributed by atoms with E-state index in [0.29, 0.717) is 5.75 Å². The molecule has 0 unspecified atom stereocenters. The fourth-order valence-electron chi connectivity index (χ4n) is 1.59. The molecule has 0 spiro atoms. The van der Waals surface area contributed by atoms with E-state index in [9.17, 15) is 8.42 Å². The first-order chi connectivity index (χ1) is 8.13. The monoisotopic (exact) mass is 271 g/mol. The van der Waals surface area contributed by atoms with Crippen molar-refractivity contribution in [2.45, 2.75) is 32.7 Å². The van der Waals surface area contributed by atoms with Gasteiger partial charge in [-0.05, 0) is 17.0 Å². The van der Waals surface area contributed by atoms with Crippen molar-refractivity contribution < 1.29 is 13.2 Å². The van der Waals surface area contributed by atoms with Gasteiger partial charge < -0.3 is 4.74 Å². The molecule has 1 N–H and O–H groups in total. The highest BCUT2D eigenvalue weighted by molar-refractivity contribution is 7.88. The number of benzene rings is 1. The minimum Gasteiger partial charge on any atom is -0.496 e. The van der Waals surface area contributed by atoms with E-state index in [1.807, 2.05) is 18.2 Å². The summed E-state index contributed by atoms with van der Waals surface area (Å²) in [5, 5.41) is 0. The Labute approximate surface area is 109 Å². The number of methoxy groups -OCH3 is 1. The molecule has 0 radical (unpaired) electrons. The molecule has 0 bridgehead atoms. The van der Waals surface area contributed by atoms with E-state index in [4.69, 9.17) is 4.74 Å². The Morgan fingerprint density at radius 3 is 2.33 bits per heavy atom. The quantitative estimate of drug-likeness (QED) is 0.911. The average molecular weight is 271 g/mol. The first-order valence-corrected chi connectivity index (χ1v) is 7.64. The topological polar surface area (TPSA) is 55.4 Å². The molecule has 102 valence electrons. The number of hydrogen-bond donors (Lipinski definition) is 1. The third-order valence-electron chi connectivity index (χ3n) is 2.67. The van der Waals surface area contributed by atoms with E-state index in [1.165, 1.54) is 0 Å². The highest BCUT2D eigenvalue weighted by atomic mass is 32.2. The first kappa shape index (κ1) is 15.0. The van der Waals surface area contributed by atoms with Gasteiger partial charge >= 0.3 is 0 Å². The van der Waals surface area contributed by atoms with Crippen molar-refractivity contribution >= 4 is 10.0 Å². The zero-order chi connectivity index (χ0) is 14.0. The smallest absolute Gasteiger partial charge is 0.209 e. The molecule has 5 heteroatoms. The SMILES string of the molecule is COc1ccc(C(C)(C)C)cc1CNS(C)(=O)=O. The van der Waals surface area contributed by atoms with Crippen LogP contribution in [0.25, 0.3) is 0 Å². The van der Waals surface area contributed by atoms with E-state index in [2.05, 4.69) is 25.5 Å². The van der Waals surface area contributed by atoms with Crippen LogP contribution in [0.4, 0.5) is 0 Å². The molecule has 0 atom stereocenters. The standard InChI is InChI=1S/C13H21NO3S/c1-13(2,3)11-6-7-12(17-4)10(8-11)9-14-18(5,15)16/h6-8,14H,9H2,1-5H3. The molecule has 0 aliphatic carbocycles. The van der Waals surface area contributed by atoms with E-state index in [0.717, 1.165) is 17.4 Å². The van der Waals surface area contributed by atoms with Crippen molar-refractivity contribution in [2.75, 3.05) is 13.4 Å². The summed E-state index contributed by atoms with van der Waals surface area (Å²) in [4.78, 5) is 0. The number of hydrogen-bond acceptors (Lipinski definition) is 3. The third-order valence-corrected chi connectivity index (χ3v) is 3.34. The summed E-state index contributed by atoms with van der Waals surface area (Å²) in [6, 6.07) is 5.86. The molecule has 18 heavy (non-hydrogen) atoms. The number of ether oxygens (including phenoxy) is 1. The summed E-state index contributed by atoms with van der Waals surface area (Å²) < 4.78 is 30.0. The minimum atomic E-state index is -3.20. The molecule has 0 amide bonds. The van der Waals surface area contributed by atoms with Gasteiger partial charge in [0.25, 0.3) is 0 Å². The molecule has 4 nitrogen and oxygen atoms in total. The number of sulfonamides is 1. The van der Waals surface area contributed by atoms with E-state index < -0.39 is 10.0 Å². The number of rotatable bonds is 4. The summed E-state index contributed by atoms with van der Waals surface area (Å²) in [5.41, 5.74) is 2.01. The van der Waals surface area contributed by atoms with Crippen molar-refractivity contribution in [3.8, 4) is 5.75 Å². The molecule has 0 aliphatic heterocycles. The molecule has 0 heterocycles. The largest absolute Gasteiger partial charge is 0.496 e. The Kier molecular flexibility index (Phi) is 4.40. The summed E-state index contributed by atoms with van der Waals surface area (Å²) in [6.07, 6.45) is 1.15. The molecular weight excluding hydrogens is 250 g/mol. The van der Waals surface area contributed by atoms with Crippen LogP contribution < -0.4 is 9.46 Å². The van der Waals surface area contributed by atoms with Gasteiger partial charge in [0.15, 0.2) is 0 Å². The van der Waals surface area contributed by atoms with Crippen LogP contribution in [0.15, 0.2) is 18.2 Å². The Balaban J connectivity index is 3.07. The zero-order valence-electron chi connectivity index (χ0n) is 11.6. The van der Waals surface area contributed by atoms with E-state index in [-0.39, 0.29) is 12.0 Å². The van der Waals surface area contributed by atoms with Gasteiger partial charge in [-0.15, -0.1) is 0 Å². The van der Waals surface area contributed by atoms with Crippen molar-refractivity contribution in [1.82, 2.24) is 4.72 Å². The minimum absolute atomic E-state index is 0.0200. The van der Waals surface area contributed by atoms with Crippen LogP contribution in [0.5, 0.6) is 5.75 Å². The summed E-state index contributed by atoms with van der Waals surface area (Å²) in [7, 11) is -1.62. The van der Waals surface area contributed by atoms with Gasteiger partial charge in [0.05, 0.1) is 13.4 Å². The summed E-state index contributed by atoms with van der Waals surface area (Å²) >= 11 is 0. The second-order valence-corrected chi connectivity index (χ2v) is 7.20. The normalized spacial score (nSPS) is 12.5. The molecular formula is C13H21NO3S. The highest BCUT2D eigenvalue weighted by Crippen LogP contribution is 2.27. The molecule has 0 saturated carbocycles. The van der Waals surface area contributed by atoms with Crippen molar-refractivity contribution in [1.29, 1.82) is 0 Å². The third kappa shape index (κ3) is 4.31. The van der Waals surface area contributed by atoms with Crippen LogP contribution in [-0.4, -0.2) is 21.8 Å². The van der Waals surface area contributed by atoms with E-state index >= 15 is 0 Å². The zero-order valence-corrected chi connectivity index (χ0v) is 12.4. The van der Waals surface area contributed by atoms with E-state index in [1.54, 1.807) is 7.11 Å². The Bertz CT molecular complexity index is 516. The van der Waals surface area contributed by atoms with Crippen LogP contribution >= 0.6 is 0 Å². The predicted molar refractivity (Wildman–Crippen MR) is 73.4 cm³/mol. The molecule has 0 fully saturated rings. The second-order valence-electron chi connectivity index (χ2n) is 5.37. The fraction of sp³-hybridized carbons (Fsp3) is 0.538. The fourth-order valence-corrected chi connectivity index (χ4v) is 2.01. The van der Waals surface area contributed by atoms with Crippen molar-refractivity contribution in [3.05, 3.63) is 29.3 Å².